The van der Waals surface area contributed by atoms with Gasteiger partial charge in [-0.3, -0.25) is 4.79 Å². The maximum atomic E-state index is 13.0. The van der Waals surface area contributed by atoms with E-state index in [-0.39, 0.29) is 0 Å². The first kappa shape index (κ1) is 42.2. The Bertz CT molecular complexity index is 573. The van der Waals surface area contributed by atoms with Gasteiger partial charge in [0.25, 0.3) is 0 Å². The van der Waals surface area contributed by atoms with E-state index < -0.39 is 0 Å². The number of carbonyl (C=O) groups is 1. The Morgan fingerprint density at radius 2 is 0.744 bits per heavy atom. The van der Waals surface area contributed by atoms with Crippen molar-refractivity contribution >= 4 is 5.91 Å². The lowest BCUT2D eigenvalue weighted by atomic mass is 10.0. The van der Waals surface area contributed by atoms with Crippen LogP contribution in [0.1, 0.15) is 206 Å². The number of unbranched alkanes of at least 4 members (excludes halogenated alkanes) is 25. The van der Waals surface area contributed by atoms with Crippen LogP contribution in [0.2, 0.25) is 0 Å². The van der Waals surface area contributed by atoms with Gasteiger partial charge in [-0.25, -0.2) is 0 Å². The van der Waals surface area contributed by atoms with Gasteiger partial charge in [-0.05, 0) is 65.6 Å². The average Bonchev–Trinajstić information content (AvgIpc) is 2.99. The van der Waals surface area contributed by atoms with Crippen LogP contribution in [0.5, 0.6) is 0 Å². The molecule has 0 unspecified atom stereocenters. The number of amides is 1. The molecule has 3 nitrogen and oxygen atoms in total. The predicted molar refractivity (Wildman–Crippen MR) is 194 cm³/mol. The van der Waals surface area contributed by atoms with E-state index in [1.54, 1.807) is 0 Å². The maximum absolute atomic E-state index is 13.0. The van der Waals surface area contributed by atoms with Crippen LogP contribution in [0.25, 0.3) is 0 Å². The van der Waals surface area contributed by atoms with Gasteiger partial charge in [0.05, 0.1) is 0 Å². The Morgan fingerprint density at radius 3 is 1.09 bits per heavy atom. The molecule has 0 aromatic carbocycles. The monoisotopic (exact) mass is 605 g/mol. The fourth-order valence-electron chi connectivity index (χ4n) is 6.11. The molecule has 0 radical (unpaired) electrons. The van der Waals surface area contributed by atoms with E-state index in [9.17, 15) is 4.79 Å². The summed E-state index contributed by atoms with van der Waals surface area (Å²) < 4.78 is 0. The highest BCUT2D eigenvalue weighted by Crippen LogP contribution is 2.15. The molecule has 0 aliphatic carbocycles. The summed E-state index contributed by atoms with van der Waals surface area (Å²) in [6.45, 7) is 7.54. The maximum Gasteiger partial charge on any atom is 0.222 e. The zero-order valence-electron chi connectivity index (χ0n) is 30.3. The van der Waals surface area contributed by atoms with Gasteiger partial charge in [0, 0.05) is 19.5 Å². The van der Waals surface area contributed by atoms with Crippen molar-refractivity contribution < 1.29 is 4.79 Å². The highest BCUT2D eigenvalue weighted by Gasteiger charge is 2.12. The molecule has 0 aliphatic rings. The van der Waals surface area contributed by atoms with Crippen LogP contribution in [-0.2, 0) is 4.79 Å². The number of nitrogens with zero attached hydrogens (tertiary/aromatic N) is 2. The van der Waals surface area contributed by atoms with Crippen molar-refractivity contribution in [1.82, 2.24) is 9.80 Å². The minimum Gasteiger partial charge on any atom is -0.343 e. The highest BCUT2D eigenvalue weighted by molar-refractivity contribution is 5.76. The Labute approximate surface area is 272 Å². The van der Waals surface area contributed by atoms with Gasteiger partial charge in [-0.1, -0.05) is 167 Å². The molecule has 0 heterocycles. The van der Waals surface area contributed by atoms with Gasteiger partial charge in [0.1, 0.15) is 0 Å². The molecule has 0 aromatic rings. The quantitative estimate of drug-likeness (QED) is 0.0530. The number of allylic oxidation sites excluding steroid dienone is 2. The summed E-state index contributed by atoms with van der Waals surface area (Å²) in [6.07, 6.45) is 44.6. The summed E-state index contributed by atoms with van der Waals surface area (Å²) in [6, 6.07) is 0. The van der Waals surface area contributed by atoms with E-state index in [4.69, 9.17) is 0 Å². The fourth-order valence-corrected chi connectivity index (χ4v) is 6.11. The second-order valence-corrected chi connectivity index (χ2v) is 13.8. The molecule has 0 saturated carbocycles. The van der Waals surface area contributed by atoms with Crippen LogP contribution in [-0.4, -0.2) is 49.4 Å². The largest absolute Gasteiger partial charge is 0.343 e. The molecular weight excluding hydrogens is 524 g/mol. The van der Waals surface area contributed by atoms with E-state index in [1.807, 2.05) is 0 Å². The van der Waals surface area contributed by atoms with E-state index in [0.29, 0.717) is 12.3 Å². The Hall–Kier alpha value is -0.830. The molecule has 43 heavy (non-hydrogen) atoms. The van der Waals surface area contributed by atoms with Crippen molar-refractivity contribution in [2.75, 3.05) is 33.7 Å². The van der Waals surface area contributed by atoms with Crippen molar-refractivity contribution in [2.24, 2.45) is 0 Å². The third-order valence-electron chi connectivity index (χ3n) is 9.07. The zero-order chi connectivity index (χ0) is 31.5. The molecule has 0 bridgehead atoms. The van der Waals surface area contributed by atoms with Crippen molar-refractivity contribution in [2.45, 2.75) is 206 Å². The van der Waals surface area contributed by atoms with Crippen LogP contribution >= 0.6 is 0 Å². The molecule has 0 N–H and O–H groups in total. The molecule has 256 valence electrons. The average molecular weight is 605 g/mol. The summed E-state index contributed by atoms with van der Waals surface area (Å²) in [5.74, 6) is 0.393. The number of rotatable bonds is 35. The smallest absolute Gasteiger partial charge is 0.222 e. The Balaban J connectivity index is 3.88. The summed E-state index contributed by atoms with van der Waals surface area (Å²) in [5, 5.41) is 0. The van der Waals surface area contributed by atoms with Gasteiger partial charge >= 0.3 is 0 Å². The predicted octanol–water partition coefficient (Wildman–Crippen LogP) is 12.7. The molecule has 3 heteroatoms. The fraction of sp³-hybridized carbons (Fsp3) is 0.925. The number of carbonyl (C=O) groups excluding carboxylic acids is 1. The van der Waals surface area contributed by atoms with Crippen LogP contribution in [0, 0.1) is 0 Å². The van der Waals surface area contributed by atoms with Gasteiger partial charge in [0.15, 0.2) is 0 Å². The van der Waals surface area contributed by atoms with Crippen molar-refractivity contribution in [3.05, 3.63) is 12.2 Å². The van der Waals surface area contributed by atoms with Gasteiger partial charge in [0.2, 0.25) is 5.91 Å². The van der Waals surface area contributed by atoms with Gasteiger partial charge in [-0.15, -0.1) is 0 Å². The first-order valence-corrected chi connectivity index (χ1v) is 19.7. The second-order valence-electron chi connectivity index (χ2n) is 13.8. The van der Waals surface area contributed by atoms with Crippen LogP contribution < -0.4 is 0 Å². The second kappa shape index (κ2) is 35.6. The number of hydrogen-bond donors (Lipinski definition) is 0. The van der Waals surface area contributed by atoms with E-state index in [0.717, 1.165) is 26.1 Å². The summed E-state index contributed by atoms with van der Waals surface area (Å²) in [4.78, 5) is 17.4. The minimum atomic E-state index is 0.393. The van der Waals surface area contributed by atoms with Crippen LogP contribution in [0.3, 0.4) is 0 Å². The highest BCUT2D eigenvalue weighted by atomic mass is 16.2. The van der Waals surface area contributed by atoms with Crippen LogP contribution in [0.4, 0.5) is 0 Å². The molecule has 0 aliphatic heterocycles. The molecule has 0 fully saturated rings. The van der Waals surface area contributed by atoms with Gasteiger partial charge in [-0.2, -0.15) is 0 Å². The van der Waals surface area contributed by atoms with Crippen LogP contribution in [0.15, 0.2) is 12.2 Å². The Kier molecular flexibility index (Phi) is 35.0. The van der Waals surface area contributed by atoms with Crippen molar-refractivity contribution in [3.8, 4) is 0 Å². The summed E-state index contributed by atoms with van der Waals surface area (Å²) >= 11 is 0. The molecule has 0 aromatic heterocycles. The molecule has 0 spiro atoms. The lowest BCUT2D eigenvalue weighted by Gasteiger charge is -2.23. The lowest BCUT2D eigenvalue weighted by Crippen LogP contribution is -2.33. The zero-order valence-corrected chi connectivity index (χ0v) is 30.3. The molecular formula is C40H80N2O. The molecule has 0 saturated heterocycles. The van der Waals surface area contributed by atoms with Crippen molar-refractivity contribution in [3.63, 3.8) is 0 Å². The standard InChI is InChI=1S/C40H80N2O/c1-5-7-9-11-13-15-17-19-21-22-24-26-28-30-32-34-39-42(40(43)36-35-37-41(3)4)38-33-31-29-27-25-23-20-18-16-14-12-10-8-6-2/h19,21H,5-18,20,22-39H2,1-4H3. The normalized spacial score (nSPS) is 11.7. The summed E-state index contributed by atoms with van der Waals surface area (Å²) in [5.41, 5.74) is 0. The molecule has 1 amide bonds. The third kappa shape index (κ3) is 33.9. The molecule has 0 rings (SSSR count). The lowest BCUT2D eigenvalue weighted by molar-refractivity contribution is -0.131. The van der Waals surface area contributed by atoms with Crippen molar-refractivity contribution in [1.29, 1.82) is 0 Å². The van der Waals surface area contributed by atoms with E-state index in [1.165, 1.54) is 180 Å². The summed E-state index contributed by atoms with van der Waals surface area (Å²) in [7, 11) is 4.20. The molecule has 0 atom stereocenters. The van der Waals surface area contributed by atoms with Gasteiger partial charge < -0.3 is 9.80 Å². The van der Waals surface area contributed by atoms with E-state index in [2.05, 4.69) is 49.9 Å². The first-order chi connectivity index (χ1) is 21.1. The number of hydrogen-bond acceptors (Lipinski definition) is 2. The minimum absolute atomic E-state index is 0.393. The SMILES string of the molecule is CCCCCCCCC=CCCCCCCCCN(CCCCCCCCCCCCCCCC)C(=O)CCCN(C)C. The third-order valence-corrected chi connectivity index (χ3v) is 9.07. The topological polar surface area (TPSA) is 23.6 Å². The Morgan fingerprint density at radius 1 is 0.419 bits per heavy atom. The van der Waals surface area contributed by atoms with E-state index >= 15 is 0 Å². The first-order valence-electron chi connectivity index (χ1n) is 19.7.